The van der Waals surface area contributed by atoms with Crippen molar-refractivity contribution in [2.24, 2.45) is 0 Å². The molecule has 0 saturated carbocycles. The molecule has 0 aliphatic rings. The highest BCUT2D eigenvalue weighted by Crippen LogP contribution is 2.25. The highest BCUT2D eigenvalue weighted by molar-refractivity contribution is 6.09. The molecule has 2 rings (SSSR count). The molecule has 23 heavy (non-hydrogen) atoms. The van der Waals surface area contributed by atoms with Gasteiger partial charge in [-0.15, -0.1) is 0 Å². The molecule has 0 aliphatic carbocycles. The maximum absolute atomic E-state index is 11.4. The Balaban J connectivity index is 2.46. The van der Waals surface area contributed by atoms with E-state index in [4.69, 9.17) is 5.41 Å². The van der Waals surface area contributed by atoms with E-state index in [2.05, 4.69) is 10.3 Å². The average Bonchev–Trinajstić information content (AvgIpc) is 2.46. The second-order valence-electron chi connectivity index (χ2n) is 5.53. The zero-order chi connectivity index (χ0) is 17.1. The fourth-order valence-electron chi connectivity index (χ4n) is 2.29. The minimum Gasteiger partial charge on any atom is -0.478 e. The van der Waals surface area contributed by atoms with Gasteiger partial charge < -0.3 is 20.7 Å². The molecule has 2 aromatic rings. The van der Waals surface area contributed by atoms with Gasteiger partial charge in [-0.3, -0.25) is 0 Å². The van der Waals surface area contributed by atoms with Gasteiger partial charge in [-0.25, -0.2) is 9.78 Å². The number of rotatable bonds is 5. The van der Waals surface area contributed by atoms with Crippen LogP contribution in [0.15, 0.2) is 30.3 Å². The van der Waals surface area contributed by atoms with Crippen LogP contribution < -0.4 is 10.2 Å². The number of benzene rings is 1. The molecule has 0 fully saturated rings. The number of nitrogens with one attached hydrogen (secondary N) is 2. The predicted molar refractivity (Wildman–Crippen MR) is 92.5 cm³/mol. The summed E-state index contributed by atoms with van der Waals surface area (Å²) >= 11 is 0. The molecule has 6 heteroatoms. The topological polar surface area (TPSA) is 89.3 Å². The first-order chi connectivity index (χ1) is 10.8. The summed E-state index contributed by atoms with van der Waals surface area (Å²) in [7, 11) is 3.92. The first-order valence-corrected chi connectivity index (χ1v) is 7.14. The second-order valence-corrected chi connectivity index (χ2v) is 5.53. The van der Waals surface area contributed by atoms with Crippen molar-refractivity contribution in [1.29, 1.82) is 5.41 Å². The number of hydrogen-bond donors (Lipinski definition) is 3. The van der Waals surface area contributed by atoms with E-state index in [9.17, 15) is 9.90 Å². The van der Waals surface area contributed by atoms with Crippen molar-refractivity contribution in [1.82, 2.24) is 4.98 Å². The van der Waals surface area contributed by atoms with E-state index in [-0.39, 0.29) is 11.3 Å². The fourth-order valence-corrected chi connectivity index (χ4v) is 2.29. The van der Waals surface area contributed by atoms with Gasteiger partial charge in [-0.1, -0.05) is 0 Å². The maximum Gasteiger partial charge on any atom is 0.336 e. The largest absolute Gasteiger partial charge is 0.478 e. The molecule has 0 bridgehead atoms. The number of aromatic carboxylic acids is 1. The molecular weight excluding hydrogens is 292 g/mol. The normalized spacial score (nSPS) is 10.3. The molecule has 3 N–H and O–H groups in total. The van der Waals surface area contributed by atoms with Crippen LogP contribution in [-0.2, 0) is 0 Å². The summed E-state index contributed by atoms with van der Waals surface area (Å²) in [5.74, 6) is -0.685. The third-order valence-corrected chi connectivity index (χ3v) is 3.40. The summed E-state index contributed by atoms with van der Waals surface area (Å²) in [6.07, 6.45) is 0. The van der Waals surface area contributed by atoms with Gasteiger partial charge in [0, 0.05) is 36.9 Å². The monoisotopic (exact) mass is 312 g/mol. The number of carbonyl (C=O) groups is 1. The van der Waals surface area contributed by atoms with Crippen LogP contribution in [0.2, 0.25) is 0 Å². The lowest BCUT2D eigenvalue weighted by molar-refractivity contribution is 0.0696. The van der Waals surface area contributed by atoms with Crippen molar-refractivity contribution in [3.63, 3.8) is 0 Å². The zero-order valence-corrected chi connectivity index (χ0v) is 13.6. The number of pyridine rings is 1. The summed E-state index contributed by atoms with van der Waals surface area (Å²) in [5.41, 5.74) is 2.97. The van der Waals surface area contributed by atoms with E-state index in [0.29, 0.717) is 17.1 Å². The molecule has 6 nitrogen and oxygen atoms in total. The highest BCUT2D eigenvalue weighted by atomic mass is 16.4. The van der Waals surface area contributed by atoms with Gasteiger partial charge in [0.05, 0.1) is 11.1 Å². The van der Waals surface area contributed by atoms with E-state index < -0.39 is 5.97 Å². The van der Waals surface area contributed by atoms with E-state index in [0.717, 1.165) is 11.4 Å². The molecule has 1 aromatic carbocycles. The molecule has 0 spiro atoms. The molecule has 120 valence electrons. The van der Waals surface area contributed by atoms with E-state index >= 15 is 0 Å². The van der Waals surface area contributed by atoms with E-state index in [1.165, 1.54) is 6.07 Å². The summed E-state index contributed by atoms with van der Waals surface area (Å²) in [5, 5.41) is 20.4. The molecule has 0 saturated heterocycles. The molecule has 0 radical (unpaired) electrons. The Morgan fingerprint density at radius 3 is 2.35 bits per heavy atom. The first kappa shape index (κ1) is 16.5. The molecule has 1 heterocycles. The van der Waals surface area contributed by atoms with Crippen molar-refractivity contribution >= 4 is 28.9 Å². The van der Waals surface area contributed by atoms with Crippen molar-refractivity contribution in [2.75, 3.05) is 24.3 Å². The standard InChI is InChI=1S/C17H20N4O2/c1-10-9-14(17(22)23)15(11(2)18)16(19-10)20-12-5-7-13(8-6-12)21(3)4/h5-9,18H,1-4H3,(H,19,20)(H,22,23). The number of aryl methyl sites for hydroxylation is 1. The smallest absolute Gasteiger partial charge is 0.336 e. The Kier molecular flexibility index (Phi) is 4.64. The quantitative estimate of drug-likeness (QED) is 0.737. The lowest BCUT2D eigenvalue weighted by Gasteiger charge is -2.16. The minimum absolute atomic E-state index is 0.0809. The van der Waals surface area contributed by atoms with Crippen LogP contribution in [0.4, 0.5) is 17.2 Å². The Morgan fingerprint density at radius 2 is 1.87 bits per heavy atom. The molecular formula is C17H20N4O2. The maximum atomic E-state index is 11.4. The van der Waals surface area contributed by atoms with Gasteiger partial charge in [-0.05, 0) is 44.2 Å². The van der Waals surface area contributed by atoms with Crippen LogP contribution in [0.1, 0.15) is 28.5 Å². The van der Waals surface area contributed by atoms with Gasteiger partial charge >= 0.3 is 5.97 Å². The highest BCUT2D eigenvalue weighted by Gasteiger charge is 2.18. The predicted octanol–water partition coefficient (Wildman–Crippen LogP) is 3.29. The van der Waals surface area contributed by atoms with Gasteiger partial charge in [0.1, 0.15) is 5.82 Å². The van der Waals surface area contributed by atoms with Gasteiger partial charge in [0.25, 0.3) is 0 Å². The lowest BCUT2D eigenvalue weighted by atomic mass is 10.0. The minimum atomic E-state index is -1.07. The molecule has 1 aromatic heterocycles. The zero-order valence-electron chi connectivity index (χ0n) is 13.6. The number of nitrogens with zero attached hydrogens (tertiary/aromatic N) is 2. The average molecular weight is 312 g/mol. The Hall–Kier alpha value is -2.89. The summed E-state index contributed by atoms with van der Waals surface area (Å²) in [6.45, 7) is 3.29. The van der Waals surface area contributed by atoms with Crippen LogP contribution in [0.3, 0.4) is 0 Å². The molecule has 0 unspecified atom stereocenters. The van der Waals surface area contributed by atoms with Crippen molar-refractivity contribution in [3.05, 3.63) is 47.2 Å². The van der Waals surface area contributed by atoms with Crippen LogP contribution in [-0.4, -0.2) is 35.9 Å². The van der Waals surface area contributed by atoms with Gasteiger partial charge in [-0.2, -0.15) is 0 Å². The van der Waals surface area contributed by atoms with Gasteiger partial charge in [0.2, 0.25) is 0 Å². The number of anilines is 3. The summed E-state index contributed by atoms with van der Waals surface area (Å²) < 4.78 is 0. The lowest BCUT2D eigenvalue weighted by Crippen LogP contribution is -2.12. The first-order valence-electron chi connectivity index (χ1n) is 7.14. The Morgan fingerprint density at radius 1 is 1.26 bits per heavy atom. The summed E-state index contributed by atoms with van der Waals surface area (Å²) in [4.78, 5) is 17.8. The fraction of sp³-hybridized carbons (Fsp3) is 0.235. The van der Waals surface area contributed by atoms with Gasteiger partial charge in [0.15, 0.2) is 0 Å². The second kappa shape index (κ2) is 6.48. The van der Waals surface area contributed by atoms with Crippen LogP contribution in [0, 0.1) is 12.3 Å². The summed E-state index contributed by atoms with van der Waals surface area (Å²) in [6, 6.07) is 9.17. The number of hydrogen-bond acceptors (Lipinski definition) is 5. The Bertz CT molecular complexity index is 752. The molecule has 0 aliphatic heterocycles. The van der Waals surface area contributed by atoms with Crippen molar-refractivity contribution < 1.29 is 9.90 Å². The van der Waals surface area contributed by atoms with Crippen LogP contribution >= 0.6 is 0 Å². The van der Waals surface area contributed by atoms with Crippen molar-refractivity contribution in [2.45, 2.75) is 13.8 Å². The third kappa shape index (κ3) is 3.66. The van der Waals surface area contributed by atoms with E-state index in [1.54, 1.807) is 13.8 Å². The molecule has 0 amide bonds. The van der Waals surface area contributed by atoms with Crippen LogP contribution in [0.25, 0.3) is 0 Å². The number of carboxylic acids is 1. The SMILES string of the molecule is CC(=N)c1c(C(=O)O)cc(C)nc1Nc1ccc(N(C)C)cc1. The Labute approximate surface area is 135 Å². The van der Waals surface area contributed by atoms with Crippen molar-refractivity contribution in [3.8, 4) is 0 Å². The number of carboxylic acid groups (broad SMARTS) is 1. The van der Waals surface area contributed by atoms with E-state index in [1.807, 2.05) is 43.3 Å². The number of aromatic nitrogens is 1. The van der Waals surface area contributed by atoms with Crippen LogP contribution in [0.5, 0.6) is 0 Å². The molecule has 0 atom stereocenters. The third-order valence-electron chi connectivity index (χ3n) is 3.40.